The van der Waals surface area contributed by atoms with E-state index >= 15 is 0 Å². The molecule has 0 aliphatic carbocycles. The summed E-state index contributed by atoms with van der Waals surface area (Å²) < 4.78 is 0. The van der Waals surface area contributed by atoms with Gasteiger partial charge >= 0.3 is 5.97 Å². The summed E-state index contributed by atoms with van der Waals surface area (Å²) in [6.07, 6.45) is 2.22. The van der Waals surface area contributed by atoms with Gasteiger partial charge in [-0.15, -0.1) is 11.3 Å². The summed E-state index contributed by atoms with van der Waals surface area (Å²) >= 11 is 1.39. The van der Waals surface area contributed by atoms with E-state index < -0.39 is 5.97 Å². The van der Waals surface area contributed by atoms with Crippen molar-refractivity contribution in [3.8, 4) is 0 Å². The minimum atomic E-state index is -1.19. The number of carbonyl (C=O) groups is 3. The van der Waals surface area contributed by atoms with Crippen LogP contribution in [0, 0.1) is 0 Å². The van der Waals surface area contributed by atoms with Gasteiger partial charge in [0.05, 0.1) is 17.3 Å². The van der Waals surface area contributed by atoms with Crippen molar-refractivity contribution < 1.29 is 19.5 Å². The number of piperazine rings is 1. The fraction of sp³-hybridized carbons (Fsp3) is 0.267. The van der Waals surface area contributed by atoms with Crippen LogP contribution in [0.15, 0.2) is 29.9 Å². The summed E-state index contributed by atoms with van der Waals surface area (Å²) in [5.74, 6) is -1.53. The van der Waals surface area contributed by atoms with Crippen LogP contribution in [0.3, 0.4) is 0 Å². The molecule has 1 fully saturated rings. The smallest absolute Gasteiger partial charge is 0.356 e. The van der Waals surface area contributed by atoms with E-state index in [2.05, 4.69) is 9.97 Å². The monoisotopic (exact) mass is 346 g/mol. The van der Waals surface area contributed by atoms with E-state index in [4.69, 9.17) is 5.11 Å². The van der Waals surface area contributed by atoms with E-state index in [1.807, 2.05) is 11.4 Å². The van der Waals surface area contributed by atoms with Gasteiger partial charge in [0.15, 0.2) is 5.69 Å². The average molecular weight is 346 g/mol. The summed E-state index contributed by atoms with van der Waals surface area (Å²) in [4.78, 5) is 46.9. The van der Waals surface area contributed by atoms with Crippen molar-refractivity contribution in [2.45, 2.75) is 0 Å². The number of rotatable bonds is 3. The van der Waals surface area contributed by atoms with Crippen molar-refractivity contribution in [1.29, 1.82) is 0 Å². The molecule has 1 aliphatic heterocycles. The largest absolute Gasteiger partial charge is 0.476 e. The van der Waals surface area contributed by atoms with E-state index in [9.17, 15) is 14.4 Å². The molecule has 1 N–H and O–H groups in total. The van der Waals surface area contributed by atoms with Gasteiger partial charge in [-0.1, -0.05) is 6.07 Å². The SMILES string of the molecule is O=C(O)c1cnc(C(=O)N2CCN(C(=O)c3cccs3)CC2)cn1. The van der Waals surface area contributed by atoms with E-state index in [0.29, 0.717) is 31.1 Å². The number of carboxylic acid groups (broad SMARTS) is 1. The molecule has 0 saturated carbocycles. The first-order valence-electron chi connectivity index (χ1n) is 7.23. The summed E-state index contributed by atoms with van der Waals surface area (Å²) in [5, 5.41) is 10.6. The molecular formula is C15H14N4O4S. The van der Waals surface area contributed by atoms with Gasteiger partial charge in [0.2, 0.25) is 0 Å². The maximum atomic E-state index is 12.4. The molecule has 0 bridgehead atoms. The summed E-state index contributed by atoms with van der Waals surface area (Å²) in [7, 11) is 0. The van der Waals surface area contributed by atoms with Gasteiger partial charge in [0.1, 0.15) is 5.69 Å². The molecular weight excluding hydrogens is 332 g/mol. The normalized spacial score (nSPS) is 14.5. The molecule has 1 saturated heterocycles. The molecule has 1 aliphatic rings. The molecule has 124 valence electrons. The molecule has 3 rings (SSSR count). The molecule has 2 aromatic heterocycles. The molecule has 0 aromatic carbocycles. The second kappa shape index (κ2) is 6.75. The second-order valence-electron chi connectivity index (χ2n) is 5.15. The number of carboxylic acids is 1. The van der Waals surface area contributed by atoms with Crippen molar-refractivity contribution in [3.05, 3.63) is 46.2 Å². The number of carbonyl (C=O) groups excluding carboxylic acids is 2. The van der Waals surface area contributed by atoms with Crippen LogP contribution >= 0.6 is 11.3 Å². The molecule has 0 atom stereocenters. The Kier molecular flexibility index (Phi) is 4.52. The van der Waals surface area contributed by atoms with Gasteiger partial charge in [-0.2, -0.15) is 0 Å². The van der Waals surface area contributed by atoms with E-state index in [1.165, 1.54) is 11.3 Å². The lowest BCUT2D eigenvalue weighted by molar-refractivity contribution is 0.0534. The number of aromatic nitrogens is 2. The standard InChI is InChI=1S/C15H14N4O4S/c20-13(10-8-17-11(9-16-10)15(22)23)18-3-5-19(6-4-18)14(21)12-2-1-7-24-12/h1-2,7-9H,3-6H2,(H,22,23). The Labute approximate surface area is 141 Å². The first-order chi connectivity index (χ1) is 11.6. The van der Waals surface area contributed by atoms with Crippen LogP contribution in [-0.4, -0.2) is 68.8 Å². The lowest BCUT2D eigenvalue weighted by Gasteiger charge is -2.34. The Morgan fingerprint density at radius 2 is 1.54 bits per heavy atom. The van der Waals surface area contributed by atoms with Crippen LogP contribution < -0.4 is 0 Å². The van der Waals surface area contributed by atoms with Gasteiger partial charge in [-0.25, -0.2) is 14.8 Å². The number of hydrogen-bond donors (Lipinski definition) is 1. The van der Waals surface area contributed by atoms with Crippen LogP contribution in [0.4, 0.5) is 0 Å². The Hall–Kier alpha value is -2.81. The van der Waals surface area contributed by atoms with Gasteiger partial charge in [0, 0.05) is 26.2 Å². The zero-order valence-electron chi connectivity index (χ0n) is 12.6. The molecule has 2 aromatic rings. The summed E-state index contributed by atoms with van der Waals surface area (Å²) in [6.45, 7) is 1.70. The molecule has 8 nitrogen and oxygen atoms in total. The summed E-state index contributed by atoms with van der Waals surface area (Å²) in [6, 6.07) is 3.61. The van der Waals surface area contributed by atoms with Crippen LogP contribution in [0.5, 0.6) is 0 Å². The predicted molar refractivity (Wildman–Crippen MR) is 85.1 cm³/mol. The van der Waals surface area contributed by atoms with E-state index in [-0.39, 0.29) is 23.2 Å². The minimum absolute atomic E-state index is 0.0253. The predicted octanol–water partition coefficient (Wildman–Crippen LogP) is 0.834. The first kappa shape index (κ1) is 16.1. The van der Waals surface area contributed by atoms with Crippen molar-refractivity contribution in [1.82, 2.24) is 19.8 Å². The number of nitrogens with zero attached hydrogens (tertiary/aromatic N) is 4. The Morgan fingerprint density at radius 1 is 0.958 bits per heavy atom. The number of aromatic carboxylic acids is 1. The third-order valence-electron chi connectivity index (χ3n) is 3.68. The summed E-state index contributed by atoms with van der Waals surface area (Å²) in [5.41, 5.74) is -0.115. The van der Waals surface area contributed by atoms with Gasteiger partial charge in [-0.05, 0) is 11.4 Å². The van der Waals surface area contributed by atoms with Crippen molar-refractivity contribution >= 4 is 29.1 Å². The van der Waals surface area contributed by atoms with E-state index in [0.717, 1.165) is 12.4 Å². The van der Waals surface area contributed by atoms with Gasteiger partial charge < -0.3 is 14.9 Å². The molecule has 0 spiro atoms. The third kappa shape index (κ3) is 3.25. The van der Waals surface area contributed by atoms with Crippen LogP contribution in [0.1, 0.15) is 30.6 Å². The molecule has 2 amide bonds. The maximum Gasteiger partial charge on any atom is 0.356 e. The lowest BCUT2D eigenvalue weighted by Crippen LogP contribution is -2.50. The lowest BCUT2D eigenvalue weighted by atomic mass is 10.2. The number of thiophene rings is 1. The zero-order chi connectivity index (χ0) is 17.1. The van der Waals surface area contributed by atoms with Crippen molar-refractivity contribution in [2.24, 2.45) is 0 Å². The van der Waals surface area contributed by atoms with Crippen LogP contribution in [0.2, 0.25) is 0 Å². The Balaban J connectivity index is 1.60. The zero-order valence-corrected chi connectivity index (χ0v) is 13.4. The average Bonchev–Trinajstić information content (AvgIpc) is 3.15. The molecule has 9 heteroatoms. The van der Waals surface area contributed by atoms with E-state index in [1.54, 1.807) is 15.9 Å². The number of amides is 2. The molecule has 0 unspecified atom stereocenters. The molecule has 0 radical (unpaired) electrons. The second-order valence-corrected chi connectivity index (χ2v) is 6.10. The maximum absolute atomic E-state index is 12.4. The highest BCUT2D eigenvalue weighted by Crippen LogP contribution is 2.14. The van der Waals surface area contributed by atoms with Crippen molar-refractivity contribution in [2.75, 3.05) is 26.2 Å². The third-order valence-corrected chi connectivity index (χ3v) is 4.53. The topological polar surface area (TPSA) is 104 Å². The molecule has 24 heavy (non-hydrogen) atoms. The van der Waals surface area contributed by atoms with Crippen LogP contribution in [-0.2, 0) is 0 Å². The van der Waals surface area contributed by atoms with Gasteiger partial charge in [0.25, 0.3) is 11.8 Å². The fourth-order valence-electron chi connectivity index (χ4n) is 2.38. The first-order valence-corrected chi connectivity index (χ1v) is 8.11. The Bertz CT molecular complexity index is 752. The highest BCUT2D eigenvalue weighted by molar-refractivity contribution is 7.12. The van der Waals surface area contributed by atoms with Gasteiger partial charge in [-0.3, -0.25) is 9.59 Å². The molecule has 3 heterocycles. The highest BCUT2D eigenvalue weighted by Gasteiger charge is 2.26. The number of hydrogen-bond acceptors (Lipinski definition) is 6. The highest BCUT2D eigenvalue weighted by atomic mass is 32.1. The fourth-order valence-corrected chi connectivity index (χ4v) is 3.07. The minimum Gasteiger partial charge on any atom is -0.476 e. The van der Waals surface area contributed by atoms with Crippen molar-refractivity contribution in [3.63, 3.8) is 0 Å². The Morgan fingerprint density at radius 3 is 2.04 bits per heavy atom. The quantitative estimate of drug-likeness (QED) is 0.883. The van der Waals surface area contributed by atoms with Crippen LogP contribution in [0.25, 0.3) is 0 Å².